The molecule has 68 valence electrons. The van der Waals surface area contributed by atoms with E-state index in [2.05, 4.69) is 56.4 Å². The Balaban J connectivity index is 2.29. The Labute approximate surface area is 80.3 Å². The molecular weight excluding hydrogens is 156 g/mol. The van der Waals surface area contributed by atoms with Gasteiger partial charge >= 0.3 is 0 Å². The van der Waals surface area contributed by atoms with E-state index < -0.39 is 0 Å². The Bertz CT molecular complexity index is 300. The average Bonchev–Trinajstić information content (AvgIpc) is 2.17. The molecule has 0 fully saturated rings. The van der Waals surface area contributed by atoms with Crippen LogP contribution >= 0.6 is 0 Å². The SMILES string of the molecule is CC(C)C1=CC=CC2C=CC=CC12. The molecule has 2 rings (SSSR count). The summed E-state index contributed by atoms with van der Waals surface area (Å²) in [5.41, 5.74) is 1.56. The lowest BCUT2D eigenvalue weighted by atomic mass is 9.76. The van der Waals surface area contributed by atoms with Gasteiger partial charge in [-0.2, -0.15) is 0 Å². The fourth-order valence-corrected chi connectivity index (χ4v) is 2.12. The smallest absolute Gasteiger partial charge is 0.00833 e. The normalized spacial score (nSPS) is 30.5. The van der Waals surface area contributed by atoms with E-state index in [1.807, 2.05) is 0 Å². The number of fused-ring (bicyclic) bond motifs is 1. The van der Waals surface area contributed by atoms with E-state index >= 15 is 0 Å². The van der Waals surface area contributed by atoms with Crippen LogP contribution in [-0.4, -0.2) is 0 Å². The first-order chi connectivity index (χ1) is 6.29. The summed E-state index contributed by atoms with van der Waals surface area (Å²) in [7, 11) is 0. The van der Waals surface area contributed by atoms with E-state index in [-0.39, 0.29) is 0 Å². The topological polar surface area (TPSA) is 0 Å². The molecule has 0 aromatic rings. The largest absolute Gasteiger partial charge is 0.0767 e. The number of allylic oxidation sites excluding steroid dienone is 8. The van der Waals surface area contributed by atoms with E-state index in [1.54, 1.807) is 5.57 Å². The van der Waals surface area contributed by atoms with Crippen molar-refractivity contribution in [2.24, 2.45) is 17.8 Å². The van der Waals surface area contributed by atoms with E-state index in [0.29, 0.717) is 17.8 Å². The fourth-order valence-electron chi connectivity index (χ4n) is 2.12. The fraction of sp³-hybridized carbons (Fsp3) is 0.385. The molecule has 0 heteroatoms. The lowest BCUT2D eigenvalue weighted by Gasteiger charge is -2.29. The minimum atomic E-state index is 0.604. The molecular formula is C13H16. The van der Waals surface area contributed by atoms with E-state index in [1.165, 1.54) is 0 Å². The van der Waals surface area contributed by atoms with Crippen LogP contribution in [0.3, 0.4) is 0 Å². The lowest BCUT2D eigenvalue weighted by molar-refractivity contribution is 0.551. The molecule has 0 nitrogen and oxygen atoms in total. The van der Waals surface area contributed by atoms with Crippen molar-refractivity contribution in [3.63, 3.8) is 0 Å². The van der Waals surface area contributed by atoms with Crippen LogP contribution in [0, 0.1) is 17.8 Å². The third-order valence-electron chi connectivity index (χ3n) is 2.85. The van der Waals surface area contributed by atoms with Crippen LogP contribution < -0.4 is 0 Å². The Morgan fingerprint density at radius 2 is 1.69 bits per heavy atom. The minimum absolute atomic E-state index is 0.604. The molecule has 2 aliphatic carbocycles. The molecule has 0 amide bonds. The van der Waals surface area contributed by atoms with Crippen LogP contribution in [0.25, 0.3) is 0 Å². The summed E-state index contributed by atoms with van der Waals surface area (Å²) in [4.78, 5) is 0. The van der Waals surface area contributed by atoms with Crippen molar-refractivity contribution < 1.29 is 0 Å². The van der Waals surface area contributed by atoms with Crippen LogP contribution in [0.15, 0.2) is 48.1 Å². The average molecular weight is 172 g/mol. The Hall–Kier alpha value is -1.04. The van der Waals surface area contributed by atoms with Gasteiger partial charge in [0.05, 0.1) is 0 Å². The van der Waals surface area contributed by atoms with Crippen LogP contribution in [0.2, 0.25) is 0 Å². The first-order valence-electron chi connectivity index (χ1n) is 5.02. The van der Waals surface area contributed by atoms with Gasteiger partial charge in [0.1, 0.15) is 0 Å². The van der Waals surface area contributed by atoms with E-state index in [9.17, 15) is 0 Å². The third-order valence-corrected chi connectivity index (χ3v) is 2.85. The summed E-state index contributed by atoms with van der Waals surface area (Å²) in [5.74, 6) is 1.89. The van der Waals surface area contributed by atoms with Gasteiger partial charge in [-0.1, -0.05) is 62.0 Å². The summed E-state index contributed by atoms with van der Waals surface area (Å²) in [6.45, 7) is 4.54. The molecule has 0 aliphatic heterocycles. The zero-order valence-electron chi connectivity index (χ0n) is 8.27. The van der Waals surface area contributed by atoms with Crippen molar-refractivity contribution >= 4 is 0 Å². The van der Waals surface area contributed by atoms with Crippen molar-refractivity contribution in [2.75, 3.05) is 0 Å². The van der Waals surface area contributed by atoms with E-state index in [4.69, 9.17) is 0 Å². The molecule has 0 saturated carbocycles. The van der Waals surface area contributed by atoms with Crippen molar-refractivity contribution in [1.29, 1.82) is 0 Å². The van der Waals surface area contributed by atoms with Crippen LogP contribution in [0.5, 0.6) is 0 Å². The van der Waals surface area contributed by atoms with Gasteiger partial charge in [-0.3, -0.25) is 0 Å². The molecule has 0 heterocycles. The van der Waals surface area contributed by atoms with Gasteiger partial charge in [-0.25, -0.2) is 0 Å². The van der Waals surface area contributed by atoms with Crippen molar-refractivity contribution in [3.05, 3.63) is 48.1 Å². The van der Waals surface area contributed by atoms with Gasteiger partial charge in [-0.05, 0) is 5.92 Å². The molecule has 2 unspecified atom stereocenters. The number of hydrogen-bond donors (Lipinski definition) is 0. The Kier molecular flexibility index (Phi) is 2.22. The van der Waals surface area contributed by atoms with Gasteiger partial charge in [0.15, 0.2) is 0 Å². The van der Waals surface area contributed by atoms with Crippen LogP contribution in [0.1, 0.15) is 13.8 Å². The van der Waals surface area contributed by atoms with Crippen LogP contribution in [-0.2, 0) is 0 Å². The zero-order chi connectivity index (χ0) is 9.26. The van der Waals surface area contributed by atoms with Crippen LogP contribution in [0.4, 0.5) is 0 Å². The summed E-state index contributed by atoms with van der Waals surface area (Å²) in [5, 5.41) is 0. The quantitative estimate of drug-likeness (QED) is 0.568. The molecule has 0 aromatic heterocycles. The highest BCUT2D eigenvalue weighted by Gasteiger charge is 2.23. The predicted octanol–water partition coefficient (Wildman–Crippen LogP) is 3.50. The van der Waals surface area contributed by atoms with Gasteiger partial charge < -0.3 is 0 Å². The van der Waals surface area contributed by atoms with Gasteiger partial charge in [0.2, 0.25) is 0 Å². The molecule has 13 heavy (non-hydrogen) atoms. The molecule has 0 spiro atoms. The Morgan fingerprint density at radius 1 is 1.00 bits per heavy atom. The highest BCUT2D eigenvalue weighted by Crippen LogP contribution is 2.34. The van der Waals surface area contributed by atoms with Crippen molar-refractivity contribution in [3.8, 4) is 0 Å². The Morgan fingerprint density at radius 3 is 2.46 bits per heavy atom. The summed E-state index contributed by atoms with van der Waals surface area (Å²) >= 11 is 0. The highest BCUT2D eigenvalue weighted by atomic mass is 14.3. The van der Waals surface area contributed by atoms with Crippen molar-refractivity contribution in [1.82, 2.24) is 0 Å². The third kappa shape index (κ3) is 1.53. The molecule has 2 atom stereocenters. The summed E-state index contributed by atoms with van der Waals surface area (Å²) < 4.78 is 0. The first kappa shape index (κ1) is 8.55. The molecule has 0 aromatic carbocycles. The molecule has 2 aliphatic rings. The standard InChI is InChI=1S/C13H16/c1-10(2)12-9-5-7-11-6-3-4-8-13(11)12/h3-11,13H,1-2H3. The molecule has 0 radical (unpaired) electrons. The zero-order valence-corrected chi connectivity index (χ0v) is 8.27. The maximum atomic E-state index is 2.32. The van der Waals surface area contributed by atoms with Gasteiger partial charge in [0, 0.05) is 11.8 Å². The monoisotopic (exact) mass is 172 g/mol. The second-order valence-electron chi connectivity index (χ2n) is 4.08. The van der Waals surface area contributed by atoms with Crippen molar-refractivity contribution in [2.45, 2.75) is 13.8 Å². The van der Waals surface area contributed by atoms with E-state index in [0.717, 1.165) is 0 Å². The number of rotatable bonds is 1. The maximum Gasteiger partial charge on any atom is 0.00833 e. The second-order valence-corrected chi connectivity index (χ2v) is 4.08. The molecule has 0 N–H and O–H groups in total. The molecule has 0 saturated heterocycles. The lowest BCUT2D eigenvalue weighted by Crippen LogP contribution is -2.18. The number of hydrogen-bond acceptors (Lipinski definition) is 0. The van der Waals surface area contributed by atoms with Gasteiger partial charge in [0.25, 0.3) is 0 Å². The molecule has 0 bridgehead atoms. The highest BCUT2D eigenvalue weighted by molar-refractivity contribution is 5.34. The predicted molar refractivity (Wildman–Crippen MR) is 57.3 cm³/mol. The first-order valence-corrected chi connectivity index (χ1v) is 5.02. The minimum Gasteiger partial charge on any atom is -0.0767 e. The summed E-state index contributed by atoms with van der Waals surface area (Å²) in [6, 6.07) is 0. The second kappa shape index (κ2) is 3.37. The van der Waals surface area contributed by atoms with Gasteiger partial charge in [-0.15, -0.1) is 0 Å². The maximum absolute atomic E-state index is 2.32. The summed E-state index contributed by atoms with van der Waals surface area (Å²) in [6.07, 6.45) is 15.7.